The highest BCUT2D eigenvalue weighted by molar-refractivity contribution is 8.82. The van der Waals surface area contributed by atoms with Crippen LogP contribution < -0.4 is 11.5 Å². The third-order valence-electron chi connectivity index (χ3n) is 1.48. The molecule has 2 amide bonds. The summed E-state index contributed by atoms with van der Waals surface area (Å²) in [4.78, 5) is 30.5. The molecular formula is C10H15N3O4S3. The van der Waals surface area contributed by atoms with Crippen molar-refractivity contribution in [3.63, 3.8) is 0 Å². The van der Waals surface area contributed by atoms with Crippen molar-refractivity contribution in [2.75, 3.05) is 6.26 Å². The van der Waals surface area contributed by atoms with E-state index in [1.807, 2.05) is 0 Å². The summed E-state index contributed by atoms with van der Waals surface area (Å²) in [5.74, 6) is 0. The summed E-state index contributed by atoms with van der Waals surface area (Å²) >= 11 is 1.02. The first kappa shape index (κ1) is 20.9. The van der Waals surface area contributed by atoms with Crippen LogP contribution in [0.1, 0.15) is 7.43 Å². The fourth-order valence-corrected chi connectivity index (χ4v) is 2.24. The number of rotatable bonds is 3. The molecule has 1 aromatic rings. The van der Waals surface area contributed by atoms with Crippen LogP contribution in [-0.2, 0) is 0 Å². The molecule has 4 N–H and O–H groups in total. The molecule has 0 spiro atoms. The third kappa shape index (κ3) is 9.53. The monoisotopic (exact) mass is 337 g/mol. The van der Waals surface area contributed by atoms with Gasteiger partial charge < -0.3 is 11.5 Å². The van der Waals surface area contributed by atoms with Gasteiger partial charge in [-0.25, -0.2) is 0 Å². The first-order chi connectivity index (χ1) is 8.88. The van der Waals surface area contributed by atoms with E-state index in [2.05, 4.69) is 5.73 Å². The second kappa shape index (κ2) is 11.4. The first-order valence-corrected chi connectivity index (χ1v) is 7.96. The number of hydrogen-bond donors (Lipinski definition) is 2. The van der Waals surface area contributed by atoms with E-state index >= 15 is 0 Å². The van der Waals surface area contributed by atoms with Crippen molar-refractivity contribution in [1.82, 2.24) is 0 Å². The number of nitro groups is 1. The molecule has 10 heteroatoms. The number of amides is 2. The van der Waals surface area contributed by atoms with Gasteiger partial charge in [0.05, 0.1) is 9.82 Å². The average molecular weight is 337 g/mol. The molecule has 0 saturated carbocycles. The van der Waals surface area contributed by atoms with Crippen molar-refractivity contribution in [2.45, 2.75) is 12.3 Å². The zero-order valence-corrected chi connectivity index (χ0v) is 12.2. The lowest BCUT2D eigenvalue weighted by molar-refractivity contribution is -0.387. The van der Waals surface area contributed by atoms with Gasteiger partial charge in [0.2, 0.25) is 0 Å². The summed E-state index contributed by atoms with van der Waals surface area (Å²) < 4.78 is 0. The van der Waals surface area contributed by atoms with Crippen LogP contribution in [0.15, 0.2) is 29.2 Å². The number of nitrogens with zero attached hydrogens (tertiary/aromatic N) is 1. The summed E-state index contributed by atoms with van der Waals surface area (Å²) in [5.41, 5.74) is 9.49. The van der Waals surface area contributed by atoms with Gasteiger partial charge in [0, 0.05) is 16.9 Å². The van der Waals surface area contributed by atoms with Crippen LogP contribution in [0.25, 0.3) is 0 Å². The first-order valence-electron chi connectivity index (χ1n) is 4.59. The van der Waals surface area contributed by atoms with Gasteiger partial charge in [-0.15, -0.1) is 0 Å². The average Bonchev–Trinajstić information content (AvgIpc) is 2.37. The minimum absolute atomic E-state index is 0. The van der Waals surface area contributed by atoms with Gasteiger partial charge in [0.25, 0.3) is 16.2 Å². The number of primary amides is 2. The van der Waals surface area contributed by atoms with Gasteiger partial charge in [-0.2, -0.15) is 0 Å². The number of nitro benzene ring substituents is 1. The van der Waals surface area contributed by atoms with Gasteiger partial charge in [0.1, 0.15) is 0 Å². The molecule has 0 saturated heterocycles. The van der Waals surface area contributed by atoms with Crippen molar-refractivity contribution in [1.29, 1.82) is 0 Å². The Balaban J connectivity index is 0. The van der Waals surface area contributed by atoms with Crippen molar-refractivity contribution in [2.24, 2.45) is 11.5 Å². The molecular weight excluding hydrogens is 322 g/mol. The molecule has 0 radical (unpaired) electrons. The Kier molecular flexibility index (Phi) is 12.0. The van der Waals surface area contributed by atoms with Crippen LogP contribution in [0.3, 0.4) is 0 Å². The van der Waals surface area contributed by atoms with Crippen LogP contribution in [0.5, 0.6) is 0 Å². The van der Waals surface area contributed by atoms with Gasteiger partial charge in [-0.1, -0.05) is 31.3 Å². The maximum Gasteiger partial charge on any atom is 0.287 e. The highest BCUT2D eigenvalue weighted by atomic mass is 33.1. The third-order valence-corrected chi connectivity index (χ3v) is 3.93. The minimum Gasteiger partial charge on any atom is -0.361 e. The standard InChI is InChI=1S/C7H6N2O3S2.C2H5NOS.CH4/c8-7(10)14-13-6-4-2-1-3-5(6)9(11)12;1-5-2(3)4;/h1-4H,(H2,8,10);1H3,(H2,3,4);1H4. The molecule has 0 aliphatic heterocycles. The number of benzene rings is 1. The summed E-state index contributed by atoms with van der Waals surface area (Å²) in [6, 6.07) is 6.18. The molecule has 0 bridgehead atoms. The highest BCUT2D eigenvalue weighted by Gasteiger charge is 2.13. The van der Waals surface area contributed by atoms with Gasteiger partial charge in [-0.05, 0) is 23.1 Å². The Hall–Kier alpha value is -1.39. The summed E-state index contributed by atoms with van der Waals surface area (Å²) in [6.07, 6.45) is 1.64. The molecule has 112 valence electrons. The van der Waals surface area contributed by atoms with E-state index in [9.17, 15) is 19.7 Å². The largest absolute Gasteiger partial charge is 0.361 e. The van der Waals surface area contributed by atoms with Gasteiger partial charge in [-0.3, -0.25) is 19.7 Å². The quantitative estimate of drug-likeness (QED) is 0.490. The molecule has 1 rings (SSSR count). The van der Waals surface area contributed by atoms with E-state index in [4.69, 9.17) is 5.73 Å². The Bertz CT molecular complexity index is 471. The van der Waals surface area contributed by atoms with Crippen LogP contribution in [0.2, 0.25) is 0 Å². The number of thioether (sulfide) groups is 1. The normalized spacial score (nSPS) is 8.65. The van der Waals surface area contributed by atoms with Crippen LogP contribution in [-0.4, -0.2) is 21.7 Å². The van der Waals surface area contributed by atoms with Crippen molar-refractivity contribution in [3.8, 4) is 0 Å². The van der Waals surface area contributed by atoms with E-state index in [1.54, 1.807) is 24.5 Å². The number of carbonyl (C=O) groups is 2. The number of para-hydroxylation sites is 1. The molecule has 20 heavy (non-hydrogen) atoms. The molecule has 0 atom stereocenters. The Morgan fingerprint density at radius 3 is 2.10 bits per heavy atom. The van der Waals surface area contributed by atoms with E-state index in [1.165, 1.54) is 6.07 Å². The minimum atomic E-state index is -0.576. The van der Waals surface area contributed by atoms with Crippen LogP contribution >= 0.6 is 33.3 Å². The zero-order chi connectivity index (χ0) is 14.8. The Morgan fingerprint density at radius 1 is 1.20 bits per heavy atom. The van der Waals surface area contributed by atoms with Crippen molar-refractivity contribution in [3.05, 3.63) is 34.4 Å². The van der Waals surface area contributed by atoms with Crippen molar-refractivity contribution >= 4 is 49.5 Å². The Labute approximate surface area is 128 Å². The van der Waals surface area contributed by atoms with E-state index in [-0.39, 0.29) is 18.4 Å². The smallest absolute Gasteiger partial charge is 0.287 e. The number of nitrogens with two attached hydrogens (primary N) is 2. The SMILES string of the molecule is C.CSC(N)=O.NC(=O)SSc1ccccc1[N+](=O)[O-]. The van der Waals surface area contributed by atoms with E-state index < -0.39 is 10.2 Å². The van der Waals surface area contributed by atoms with E-state index in [0.717, 1.165) is 33.3 Å². The lowest BCUT2D eigenvalue weighted by Gasteiger charge is -1.98. The van der Waals surface area contributed by atoms with Gasteiger partial charge >= 0.3 is 0 Å². The fourth-order valence-electron chi connectivity index (χ4n) is 0.764. The predicted octanol–water partition coefficient (Wildman–Crippen LogP) is 3.48. The summed E-state index contributed by atoms with van der Waals surface area (Å²) in [5, 5.41) is 9.63. The van der Waals surface area contributed by atoms with Crippen LogP contribution in [0.4, 0.5) is 15.3 Å². The Morgan fingerprint density at radius 2 is 1.70 bits per heavy atom. The van der Waals surface area contributed by atoms with Crippen LogP contribution in [0, 0.1) is 10.1 Å². The molecule has 7 nitrogen and oxygen atoms in total. The molecule has 1 aromatic carbocycles. The second-order valence-electron chi connectivity index (χ2n) is 2.73. The second-order valence-corrected chi connectivity index (χ2v) is 5.72. The summed E-state index contributed by atoms with van der Waals surface area (Å²) in [7, 11) is 1.75. The molecule has 0 fully saturated rings. The lowest BCUT2D eigenvalue weighted by Crippen LogP contribution is -1.99. The molecule has 0 aliphatic rings. The topological polar surface area (TPSA) is 129 Å². The molecule has 0 heterocycles. The number of carbonyl (C=O) groups excluding carboxylic acids is 2. The fraction of sp³-hybridized carbons (Fsp3) is 0.200. The molecule has 0 aliphatic carbocycles. The molecule has 0 unspecified atom stereocenters. The van der Waals surface area contributed by atoms with Gasteiger partial charge in [0.15, 0.2) is 0 Å². The lowest BCUT2D eigenvalue weighted by atomic mass is 10.3. The maximum absolute atomic E-state index is 10.5. The van der Waals surface area contributed by atoms with Crippen molar-refractivity contribution < 1.29 is 14.5 Å². The predicted molar refractivity (Wildman–Crippen MR) is 86.0 cm³/mol. The number of hydrogen-bond acceptors (Lipinski definition) is 7. The molecule has 0 aromatic heterocycles. The maximum atomic E-state index is 10.5. The van der Waals surface area contributed by atoms with E-state index in [0.29, 0.717) is 4.90 Å². The highest BCUT2D eigenvalue weighted by Crippen LogP contribution is 2.36. The summed E-state index contributed by atoms with van der Waals surface area (Å²) in [6.45, 7) is 0. The zero-order valence-electron chi connectivity index (χ0n) is 9.77.